The fourth-order valence-corrected chi connectivity index (χ4v) is 4.71. The lowest BCUT2D eigenvalue weighted by atomic mass is 10.1. The van der Waals surface area contributed by atoms with Gasteiger partial charge in [-0.15, -0.1) is 0 Å². The average Bonchev–Trinajstić information content (AvgIpc) is 3.05. The molecule has 7 heteroatoms. The number of hydrogen-bond donors (Lipinski definition) is 0. The van der Waals surface area contributed by atoms with E-state index in [2.05, 4.69) is 0 Å². The molecule has 1 aromatic carbocycles. The molecule has 1 amide bonds. The summed E-state index contributed by atoms with van der Waals surface area (Å²) >= 11 is 0. The Bertz CT molecular complexity index is 868. The van der Waals surface area contributed by atoms with E-state index in [0.717, 1.165) is 10.9 Å². The van der Waals surface area contributed by atoms with Gasteiger partial charge in [-0.05, 0) is 31.5 Å². The summed E-state index contributed by atoms with van der Waals surface area (Å²) < 4.78 is 34.1. The normalized spacial score (nSPS) is 19.9. The fourth-order valence-electron chi connectivity index (χ4n) is 2.94. The van der Waals surface area contributed by atoms with Crippen LogP contribution in [0.5, 0.6) is 5.75 Å². The van der Waals surface area contributed by atoms with E-state index in [4.69, 9.17) is 9.15 Å². The number of aryl methyl sites for hydroxylation is 1. The summed E-state index contributed by atoms with van der Waals surface area (Å²) in [5, 5.41) is 0.820. The fraction of sp³-hybridized carbons (Fsp3) is 0.438. The molecule has 0 saturated carbocycles. The number of furan rings is 1. The molecule has 23 heavy (non-hydrogen) atoms. The number of sulfone groups is 1. The number of carbonyl (C=O) groups excluding carboxylic acids is 1. The van der Waals surface area contributed by atoms with Gasteiger partial charge in [-0.3, -0.25) is 4.79 Å². The molecule has 1 aliphatic rings. The van der Waals surface area contributed by atoms with Crippen molar-refractivity contribution in [3.8, 4) is 5.75 Å². The number of amides is 1. The number of methoxy groups -OCH3 is 1. The van der Waals surface area contributed by atoms with E-state index in [-0.39, 0.29) is 29.2 Å². The summed E-state index contributed by atoms with van der Waals surface area (Å²) in [6.45, 7) is 1.82. The third kappa shape index (κ3) is 2.81. The summed E-state index contributed by atoms with van der Waals surface area (Å²) in [4.78, 5) is 14.2. The Kier molecular flexibility index (Phi) is 3.83. The van der Waals surface area contributed by atoms with Crippen LogP contribution >= 0.6 is 0 Å². The number of ether oxygens (including phenoxy) is 1. The van der Waals surface area contributed by atoms with Gasteiger partial charge in [0.15, 0.2) is 15.6 Å². The molecule has 1 aromatic heterocycles. The maximum atomic E-state index is 12.7. The Morgan fingerprint density at radius 2 is 2.13 bits per heavy atom. The third-order valence-corrected chi connectivity index (χ3v) is 6.16. The van der Waals surface area contributed by atoms with Crippen LogP contribution in [0.1, 0.15) is 22.5 Å². The first kappa shape index (κ1) is 15.9. The molecule has 1 atom stereocenters. The molecule has 1 fully saturated rings. The molecule has 0 bridgehead atoms. The van der Waals surface area contributed by atoms with Crippen molar-refractivity contribution in [3.63, 3.8) is 0 Å². The highest BCUT2D eigenvalue weighted by molar-refractivity contribution is 7.91. The Morgan fingerprint density at radius 1 is 1.39 bits per heavy atom. The number of hydrogen-bond acceptors (Lipinski definition) is 5. The van der Waals surface area contributed by atoms with E-state index in [1.807, 2.05) is 13.0 Å². The van der Waals surface area contributed by atoms with Crippen LogP contribution in [0.4, 0.5) is 0 Å². The van der Waals surface area contributed by atoms with Crippen LogP contribution in [0.3, 0.4) is 0 Å². The van der Waals surface area contributed by atoms with Gasteiger partial charge in [-0.2, -0.15) is 0 Å². The lowest BCUT2D eigenvalue weighted by Gasteiger charge is -2.22. The van der Waals surface area contributed by atoms with Crippen molar-refractivity contribution >= 4 is 26.7 Å². The van der Waals surface area contributed by atoms with Crippen LogP contribution in [0, 0.1) is 6.92 Å². The molecule has 0 radical (unpaired) electrons. The van der Waals surface area contributed by atoms with E-state index >= 15 is 0 Å². The van der Waals surface area contributed by atoms with Gasteiger partial charge in [0, 0.05) is 24.0 Å². The molecule has 3 rings (SSSR count). The summed E-state index contributed by atoms with van der Waals surface area (Å²) in [7, 11) is 0.165. The summed E-state index contributed by atoms with van der Waals surface area (Å²) in [5.41, 5.74) is 1.34. The zero-order chi connectivity index (χ0) is 16.8. The first-order chi connectivity index (χ1) is 10.8. The Balaban J connectivity index is 1.93. The molecule has 0 spiro atoms. The van der Waals surface area contributed by atoms with Crippen molar-refractivity contribution in [2.45, 2.75) is 19.4 Å². The molecular formula is C16H19NO5S. The SMILES string of the molecule is COc1ccc2oc(C(=O)N(C)[C@@H]3CCS(=O)(=O)C3)c(C)c2c1. The largest absolute Gasteiger partial charge is 0.497 e. The van der Waals surface area contributed by atoms with Crippen molar-refractivity contribution in [3.05, 3.63) is 29.5 Å². The first-order valence-corrected chi connectivity index (χ1v) is 9.19. The second-order valence-corrected chi connectivity index (χ2v) is 8.12. The van der Waals surface area contributed by atoms with E-state index in [9.17, 15) is 13.2 Å². The molecule has 0 unspecified atom stereocenters. The monoisotopic (exact) mass is 337 g/mol. The summed E-state index contributed by atoms with van der Waals surface area (Å²) in [6.07, 6.45) is 0.470. The molecule has 2 aromatic rings. The molecule has 0 N–H and O–H groups in total. The van der Waals surface area contributed by atoms with Crippen LogP contribution in [-0.2, 0) is 9.84 Å². The summed E-state index contributed by atoms with van der Waals surface area (Å²) in [5.74, 6) is 0.795. The summed E-state index contributed by atoms with van der Waals surface area (Å²) in [6, 6.07) is 5.06. The molecule has 6 nitrogen and oxygen atoms in total. The number of carbonyl (C=O) groups is 1. The number of fused-ring (bicyclic) bond motifs is 1. The molecular weight excluding hydrogens is 318 g/mol. The van der Waals surface area contributed by atoms with Gasteiger partial charge in [-0.1, -0.05) is 0 Å². The minimum absolute atomic E-state index is 0.0162. The smallest absolute Gasteiger partial charge is 0.289 e. The quantitative estimate of drug-likeness (QED) is 0.856. The highest BCUT2D eigenvalue weighted by Gasteiger charge is 2.34. The van der Waals surface area contributed by atoms with E-state index in [0.29, 0.717) is 17.8 Å². The Morgan fingerprint density at radius 3 is 2.74 bits per heavy atom. The standard InChI is InChI=1S/C16H19NO5S/c1-10-13-8-12(21-3)4-5-14(13)22-15(10)16(18)17(2)11-6-7-23(19,20)9-11/h4-5,8,11H,6-7,9H2,1-3H3/t11-/m1/s1. The molecule has 2 heterocycles. The van der Waals surface area contributed by atoms with Crippen molar-refractivity contribution in [1.29, 1.82) is 0 Å². The maximum Gasteiger partial charge on any atom is 0.289 e. The van der Waals surface area contributed by atoms with Gasteiger partial charge in [-0.25, -0.2) is 8.42 Å². The van der Waals surface area contributed by atoms with E-state index < -0.39 is 9.84 Å². The number of rotatable bonds is 3. The zero-order valence-electron chi connectivity index (χ0n) is 13.3. The topological polar surface area (TPSA) is 76.8 Å². The van der Waals surface area contributed by atoms with Crippen molar-refractivity contribution in [2.24, 2.45) is 0 Å². The minimum Gasteiger partial charge on any atom is -0.497 e. The van der Waals surface area contributed by atoms with Gasteiger partial charge in [0.2, 0.25) is 0 Å². The van der Waals surface area contributed by atoms with Crippen molar-refractivity contribution < 1.29 is 22.4 Å². The van der Waals surface area contributed by atoms with Gasteiger partial charge >= 0.3 is 0 Å². The Labute approximate surface area is 134 Å². The predicted octanol–water partition coefficient (Wildman–Crippen LogP) is 2.01. The van der Waals surface area contributed by atoms with Crippen LogP contribution < -0.4 is 4.74 Å². The highest BCUT2D eigenvalue weighted by atomic mass is 32.2. The van der Waals surface area contributed by atoms with E-state index in [1.54, 1.807) is 26.3 Å². The average molecular weight is 337 g/mol. The van der Waals surface area contributed by atoms with Gasteiger partial charge < -0.3 is 14.1 Å². The minimum atomic E-state index is -3.04. The number of nitrogens with zero attached hydrogens (tertiary/aromatic N) is 1. The van der Waals surface area contributed by atoms with Crippen molar-refractivity contribution in [2.75, 3.05) is 25.7 Å². The van der Waals surface area contributed by atoms with Crippen molar-refractivity contribution in [1.82, 2.24) is 4.90 Å². The van der Waals surface area contributed by atoms with Gasteiger partial charge in [0.25, 0.3) is 5.91 Å². The second kappa shape index (κ2) is 5.56. The zero-order valence-corrected chi connectivity index (χ0v) is 14.1. The Hall–Kier alpha value is -2.02. The van der Waals surface area contributed by atoms with Crippen LogP contribution in [0.15, 0.2) is 22.6 Å². The molecule has 1 aliphatic heterocycles. The van der Waals surface area contributed by atoms with E-state index in [1.165, 1.54) is 4.90 Å². The van der Waals surface area contributed by atoms with Gasteiger partial charge in [0.05, 0.1) is 18.6 Å². The maximum absolute atomic E-state index is 12.7. The first-order valence-electron chi connectivity index (χ1n) is 7.37. The van der Waals surface area contributed by atoms with Crippen LogP contribution in [0.25, 0.3) is 11.0 Å². The number of benzene rings is 1. The highest BCUT2D eigenvalue weighted by Crippen LogP contribution is 2.30. The second-order valence-electron chi connectivity index (χ2n) is 5.89. The lowest BCUT2D eigenvalue weighted by molar-refractivity contribution is 0.0717. The lowest BCUT2D eigenvalue weighted by Crippen LogP contribution is -2.37. The molecule has 0 aliphatic carbocycles. The van der Waals surface area contributed by atoms with Crippen LogP contribution in [0.2, 0.25) is 0 Å². The van der Waals surface area contributed by atoms with Crippen LogP contribution in [-0.4, -0.2) is 50.9 Å². The predicted molar refractivity (Wildman–Crippen MR) is 86.7 cm³/mol. The molecule has 1 saturated heterocycles. The third-order valence-electron chi connectivity index (χ3n) is 4.41. The van der Waals surface area contributed by atoms with Gasteiger partial charge in [0.1, 0.15) is 11.3 Å². The molecule has 124 valence electrons.